The summed E-state index contributed by atoms with van der Waals surface area (Å²) in [5.74, 6) is 1.48. The molecule has 0 N–H and O–H groups in total. The number of fused-ring (bicyclic) bond motifs is 1. The predicted molar refractivity (Wildman–Crippen MR) is 88.3 cm³/mol. The highest BCUT2D eigenvalue weighted by atomic mass is 32.2. The van der Waals surface area contributed by atoms with Gasteiger partial charge in [-0.25, -0.2) is 5.26 Å². The van der Waals surface area contributed by atoms with Gasteiger partial charge in [0.2, 0.25) is 0 Å². The van der Waals surface area contributed by atoms with E-state index in [0.717, 1.165) is 24.4 Å². The number of rotatable bonds is 3. The summed E-state index contributed by atoms with van der Waals surface area (Å²) in [6, 6.07) is 6.19. The summed E-state index contributed by atoms with van der Waals surface area (Å²) >= 11 is 0. The van der Waals surface area contributed by atoms with Gasteiger partial charge in [-0.05, 0) is 30.8 Å². The zero-order valence-corrected chi connectivity index (χ0v) is 14.1. The lowest BCUT2D eigenvalue weighted by Gasteiger charge is -2.30. The topological polar surface area (TPSA) is 96.2 Å². The first kappa shape index (κ1) is 18.3. The zero-order chi connectivity index (χ0) is 18.9. The summed E-state index contributed by atoms with van der Waals surface area (Å²) in [6.45, 7) is 1.37. The van der Waals surface area contributed by atoms with E-state index in [4.69, 9.17) is 5.26 Å². The van der Waals surface area contributed by atoms with Crippen LogP contribution in [0.1, 0.15) is 0 Å². The van der Waals surface area contributed by atoms with E-state index in [-0.39, 0.29) is 6.71 Å². The first-order valence-electron chi connectivity index (χ1n) is 7.62. The summed E-state index contributed by atoms with van der Waals surface area (Å²) in [7, 11) is -5.80. The van der Waals surface area contributed by atoms with Crippen molar-refractivity contribution in [1.29, 1.82) is 5.26 Å². The summed E-state index contributed by atoms with van der Waals surface area (Å²) in [6.07, 6.45) is 1.45. The van der Waals surface area contributed by atoms with Crippen molar-refractivity contribution in [2.45, 2.75) is 18.1 Å². The van der Waals surface area contributed by atoms with Gasteiger partial charge in [0.1, 0.15) is 0 Å². The third-order valence-electron chi connectivity index (χ3n) is 4.07. The molecule has 0 aliphatic carbocycles. The van der Waals surface area contributed by atoms with Crippen molar-refractivity contribution in [2.24, 2.45) is 0 Å². The molecule has 0 amide bonds. The molecule has 0 saturated carbocycles. The molecule has 2 aromatic rings. The van der Waals surface area contributed by atoms with E-state index >= 15 is 0 Å². The molecule has 0 bridgehead atoms. The number of hydrogen-bond acceptors (Lipinski definition) is 7. The minimum absolute atomic E-state index is 0.0187. The maximum Gasteiger partial charge on any atom is 0.534 e. The molecule has 136 valence electrons. The first-order valence-corrected chi connectivity index (χ1v) is 9.03. The molecule has 12 heteroatoms. The van der Waals surface area contributed by atoms with Crippen LogP contribution in [0.15, 0.2) is 24.3 Å². The molecule has 1 aliphatic heterocycles. The van der Waals surface area contributed by atoms with Crippen LogP contribution in [0.25, 0.3) is 10.9 Å². The second-order valence-corrected chi connectivity index (χ2v) is 7.34. The molecule has 1 aromatic heterocycles. The number of aromatic nitrogens is 2. The Morgan fingerprint density at radius 3 is 2.50 bits per heavy atom. The maximum atomic E-state index is 12.4. The smallest absolute Gasteiger partial charge is 0.373 e. The number of benzene rings is 1. The average Bonchev–Trinajstić information content (AvgIpc) is 2.60. The van der Waals surface area contributed by atoms with E-state index in [1.54, 1.807) is 18.2 Å². The molecular weight excluding hydrogens is 372 g/mol. The molecule has 3 rings (SSSR count). The quantitative estimate of drug-likeness (QED) is 0.455. The van der Waals surface area contributed by atoms with Gasteiger partial charge >= 0.3 is 15.6 Å². The van der Waals surface area contributed by atoms with Crippen LogP contribution in [-0.2, 0) is 10.1 Å². The Bertz CT molecular complexity index is 970. The van der Waals surface area contributed by atoms with Gasteiger partial charge in [0.15, 0.2) is 0 Å². The van der Waals surface area contributed by atoms with E-state index in [1.165, 1.54) is 0 Å². The molecule has 2 heterocycles. The molecule has 26 heavy (non-hydrogen) atoms. The Kier molecular flexibility index (Phi) is 4.66. The van der Waals surface area contributed by atoms with Gasteiger partial charge in [-0.2, -0.15) is 21.6 Å². The lowest BCUT2D eigenvalue weighted by atomic mass is 9.45. The molecule has 7 nitrogen and oxygen atoms in total. The number of hydrogen-bond donors (Lipinski definition) is 0. The molecule has 1 saturated heterocycles. The predicted octanol–water partition coefficient (Wildman–Crippen LogP) is 2.24. The number of alkyl halides is 3. The summed E-state index contributed by atoms with van der Waals surface area (Å²) in [5.41, 5.74) is -4.36. The highest BCUT2D eigenvalue weighted by Gasteiger charge is 2.49. The Hall–Kier alpha value is -2.55. The van der Waals surface area contributed by atoms with E-state index in [9.17, 15) is 21.6 Å². The van der Waals surface area contributed by atoms with Crippen LogP contribution in [-0.4, -0.2) is 43.9 Å². The van der Waals surface area contributed by atoms with Crippen molar-refractivity contribution in [1.82, 2.24) is 10.2 Å². The van der Waals surface area contributed by atoms with Crippen LogP contribution in [0.5, 0.6) is 5.88 Å². The summed E-state index contributed by atoms with van der Waals surface area (Å²) in [4.78, 5) is 2.04. The lowest BCUT2D eigenvalue weighted by molar-refractivity contribution is -0.0501. The highest BCUT2D eigenvalue weighted by molar-refractivity contribution is 7.87. The maximum absolute atomic E-state index is 12.4. The fraction of sp³-hybridized carbons (Fsp3) is 0.357. The summed E-state index contributed by atoms with van der Waals surface area (Å²) in [5, 5.41) is 16.4. The monoisotopic (exact) mass is 384 g/mol. The van der Waals surface area contributed by atoms with Crippen molar-refractivity contribution in [3.63, 3.8) is 0 Å². The van der Waals surface area contributed by atoms with Crippen molar-refractivity contribution in [3.05, 3.63) is 24.3 Å². The van der Waals surface area contributed by atoms with Crippen LogP contribution in [0.3, 0.4) is 0 Å². The fourth-order valence-corrected chi connectivity index (χ4v) is 3.08. The van der Waals surface area contributed by atoms with Gasteiger partial charge in [0, 0.05) is 36.2 Å². The second kappa shape index (κ2) is 6.64. The fourth-order valence-electron chi connectivity index (χ4n) is 2.68. The molecule has 0 spiro atoms. The van der Waals surface area contributed by atoms with Gasteiger partial charge < -0.3 is 9.08 Å². The molecule has 1 aromatic carbocycles. The summed E-state index contributed by atoms with van der Waals surface area (Å²) < 4.78 is 63.4. The van der Waals surface area contributed by atoms with Gasteiger partial charge in [0.25, 0.3) is 12.6 Å². The van der Waals surface area contributed by atoms with Crippen molar-refractivity contribution >= 4 is 33.4 Å². The van der Waals surface area contributed by atoms with E-state index < -0.39 is 21.5 Å². The van der Waals surface area contributed by atoms with Crippen LogP contribution >= 0.6 is 0 Å². The highest BCUT2D eigenvalue weighted by Crippen LogP contribution is 2.29. The molecular formula is C14H12BF3N4O3S. The van der Waals surface area contributed by atoms with Crippen LogP contribution in [0.4, 0.5) is 18.9 Å². The molecule has 1 aliphatic rings. The van der Waals surface area contributed by atoms with Gasteiger partial charge in [0.05, 0.1) is 5.52 Å². The Balaban J connectivity index is 1.86. The number of anilines is 1. The Labute approximate surface area is 147 Å². The standard InChI is InChI=1S/C14H12BF3N4O3S/c16-14(17,18)26(23,24)25-13-8-10-7-11(1-2-12(10)20-21-13)22-5-3-15(9-19)4-6-22/h1-2,7-8H,3-6H2. The number of nitriles is 1. The molecule has 1 fully saturated rings. The third-order valence-corrected chi connectivity index (χ3v) is 5.02. The van der Waals surface area contributed by atoms with Gasteiger partial charge in [-0.1, -0.05) is 0 Å². The van der Waals surface area contributed by atoms with E-state index in [1.807, 2.05) is 4.90 Å². The molecule has 0 radical (unpaired) electrons. The number of nitrogens with zero attached hydrogens (tertiary/aromatic N) is 4. The molecule has 0 atom stereocenters. The van der Waals surface area contributed by atoms with Crippen LogP contribution in [0.2, 0.25) is 12.6 Å². The van der Waals surface area contributed by atoms with Gasteiger partial charge in [-0.3, -0.25) is 0 Å². The zero-order valence-electron chi connectivity index (χ0n) is 13.3. The van der Waals surface area contributed by atoms with Crippen LogP contribution in [0, 0.1) is 11.2 Å². The van der Waals surface area contributed by atoms with E-state index in [0.29, 0.717) is 24.0 Å². The number of halogens is 3. The second-order valence-electron chi connectivity index (χ2n) is 5.80. The molecule has 0 unspecified atom stereocenters. The Morgan fingerprint density at radius 2 is 1.88 bits per heavy atom. The average molecular weight is 384 g/mol. The Morgan fingerprint density at radius 1 is 1.19 bits per heavy atom. The normalized spacial score (nSPS) is 15.8. The SMILES string of the molecule is N#CB1CCN(c2ccc3nnc(OS(=O)(=O)C(F)(F)F)cc3c2)CC1. The van der Waals surface area contributed by atoms with Gasteiger partial charge in [-0.15, -0.1) is 10.2 Å². The third kappa shape index (κ3) is 3.67. The van der Waals surface area contributed by atoms with Crippen molar-refractivity contribution in [3.8, 4) is 11.8 Å². The van der Waals surface area contributed by atoms with Crippen molar-refractivity contribution < 1.29 is 25.8 Å². The first-order chi connectivity index (χ1) is 12.2. The minimum Gasteiger partial charge on any atom is -0.373 e. The largest absolute Gasteiger partial charge is 0.534 e. The van der Waals surface area contributed by atoms with Crippen molar-refractivity contribution in [2.75, 3.05) is 18.0 Å². The minimum atomic E-state index is -5.80. The van der Waals surface area contributed by atoms with E-state index in [2.05, 4.69) is 20.3 Å². The lowest BCUT2D eigenvalue weighted by Crippen LogP contribution is -2.36. The van der Waals surface area contributed by atoms with Crippen LogP contribution < -0.4 is 9.08 Å².